The van der Waals surface area contributed by atoms with Crippen LogP contribution in [0.4, 0.5) is 0 Å². The van der Waals surface area contributed by atoms with E-state index in [0.29, 0.717) is 24.1 Å². The lowest BCUT2D eigenvalue weighted by Crippen LogP contribution is -2.42. The summed E-state index contributed by atoms with van der Waals surface area (Å²) in [5.74, 6) is -0.375. The summed E-state index contributed by atoms with van der Waals surface area (Å²) in [7, 11) is 0. The number of aromatic nitrogens is 2. The fourth-order valence-corrected chi connectivity index (χ4v) is 3.98. The molecule has 1 aromatic carbocycles. The molecule has 0 bridgehead atoms. The van der Waals surface area contributed by atoms with Crippen LogP contribution in [-0.2, 0) is 6.54 Å². The normalized spacial score (nSPS) is 17.3. The Morgan fingerprint density at radius 1 is 1.27 bits per heavy atom. The van der Waals surface area contributed by atoms with Crippen molar-refractivity contribution in [1.82, 2.24) is 15.1 Å². The monoisotopic (exact) mass is 436 g/mol. The van der Waals surface area contributed by atoms with E-state index in [1.165, 1.54) is 10.7 Å². The van der Waals surface area contributed by atoms with E-state index in [-0.39, 0.29) is 41.7 Å². The van der Waals surface area contributed by atoms with E-state index in [0.717, 1.165) is 25.7 Å². The highest BCUT2D eigenvalue weighted by molar-refractivity contribution is 6.34. The number of rotatable bonds is 7. The highest BCUT2D eigenvalue weighted by atomic mass is 35.5. The van der Waals surface area contributed by atoms with Gasteiger partial charge in [-0.3, -0.25) is 19.4 Å². The van der Waals surface area contributed by atoms with Crippen LogP contribution in [0.2, 0.25) is 5.02 Å². The summed E-state index contributed by atoms with van der Waals surface area (Å²) in [4.78, 5) is 24.9. The van der Waals surface area contributed by atoms with E-state index < -0.39 is 11.7 Å². The molecule has 1 aliphatic rings. The molecule has 1 amide bonds. The first-order valence-corrected chi connectivity index (χ1v) is 10.7. The number of aliphatic hydroxyl groups is 2. The van der Waals surface area contributed by atoms with Crippen LogP contribution in [0.15, 0.2) is 29.1 Å². The second-order valence-corrected chi connectivity index (χ2v) is 8.43. The highest BCUT2D eigenvalue weighted by Gasteiger charge is 2.28. The molecule has 1 saturated carbocycles. The number of hydrogen-bond acceptors (Lipinski definition) is 5. The van der Waals surface area contributed by atoms with Crippen LogP contribution in [-0.4, -0.2) is 50.7 Å². The molecule has 164 valence electrons. The molecular formula is C21H29ClN4O4. The standard InChI is InChI=1S/C21H29ClN4O4/c22-17-6-5-14(18-10-19(28)26(25-18)12-15(27)11-23)9-16(17)20(29)24-13-21(30)7-3-1-2-4-8-21/h5-6,9-10,15,25,27,30H,1-4,7-8,11-13,23H2,(H,24,29). The second-order valence-electron chi connectivity index (χ2n) is 8.02. The Balaban J connectivity index is 1.76. The van der Waals surface area contributed by atoms with Crippen molar-refractivity contribution < 1.29 is 15.0 Å². The first-order chi connectivity index (χ1) is 14.3. The molecule has 1 heterocycles. The first-order valence-electron chi connectivity index (χ1n) is 10.3. The molecule has 0 saturated heterocycles. The predicted molar refractivity (Wildman–Crippen MR) is 116 cm³/mol. The maximum absolute atomic E-state index is 12.7. The fourth-order valence-electron chi connectivity index (χ4n) is 3.77. The van der Waals surface area contributed by atoms with Gasteiger partial charge in [-0.1, -0.05) is 43.4 Å². The number of carbonyl (C=O) groups excluding carboxylic acids is 1. The van der Waals surface area contributed by atoms with Gasteiger partial charge in [0.1, 0.15) is 0 Å². The van der Waals surface area contributed by atoms with Gasteiger partial charge in [-0.05, 0) is 25.0 Å². The van der Waals surface area contributed by atoms with E-state index >= 15 is 0 Å². The molecule has 2 aromatic rings. The van der Waals surface area contributed by atoms with Gasteiger partial charge in [-0.15, -0.1) is 0 Å². The van der Waals surface area contributed by atoms with E-state index in [1.807, 2.05) is 0 Å². The summed E-state index contributed by atoms with van der Waals surface area (Å²) in [6.07, 6.45) is 4.61. The first kappa shape index (κ1) is 22.6. The van der Waals surface area contributed by atoms with Crippen LogP contribution in [0.25, 0.3) is 11.3 Å². The molecule has 0 aliphatic heterocycles. The van der Waals surface area contributed by atoms with Gasteiger partial charge in [-0.2, -0.15) is 0 Å². The lowest BCUT2D eigenvalue weighted by atomic mass is 9.94. The number of hydrogen-bond donors (Lipinski definition) is 5. The van der Waals surface area contributed by atoms with Crippen molar-refractivity contribution in [2.45, 2.75) is 56.8 Å². The maximum Gasteiger partial charge on any atom is 0.267 e. The van der Waals surface area contributed by atoms with Crippen molar-refractivity contribution in [2.24, 2.45) is 5.73 Å². The van der Waals surface area contributed by atoms with Crippen LogP contribution in [0.1, 0.15) is 48.9 Å². The van der Waals surface area contributed by atoms with Crippen molar-refractivity contribution in [3.8, 4) is 11.3 Å². The van der Waals surface area contributed by atoms with Crippen LogP contribution >= 0.6 is 11.6 Å². The van der Waals surface area contributed by atoms with Crippen LogP contribution in [0.5, 0.6) is 0 Å². The van der Waals surface area contributed by atoms with Gasteiger partial charge in [-0.25, -0.2) is 0 Å². The Morgan fingerprint density at radius 2 is 1.97 bits per heavy atom. The Bertz CT molecular complexity index is 931. The van der Waals surface area contributed by atoms with Crippen LogP contribution in [0.3, 0.4) is 0 Å². The Morgan fingerprint density at radius 3 is 2.63 bits per heavy atom. The third-order valence-corrected chi connectivity index (χ3v) is 5.92. The van der Waals surface area contributed by atoms with E-state index in [2.05, 4.69) is 10.4 Å². The number of aliphatic hydroxyl groups excluding tert-OH is 1. The lowest BCUT2D eigenvalue weighted by molar-refractivity contribution is 0.0246. The predicted octanol–water partition coefficient (Wildman–Crippen LogP) is 1.63. The molecule has 9 heteroatoms. The zero-order valence-corrected chi connectivity index (χ0v) is 17.6. The number of halogens is 1. The number of amides is 1. The smallest absolute Gasteiger partial charge is 0.267 e. The molecule has 1 unspecified atom stereocenters. The molecule has 3 rings (SSSR count). The number of nitrogens with one attached hydrogen (secondary N) is 2. The third-order valence-electron chi connectivity index (χ3n) is 5.59. The van der Waals surface area contributed by atoms with Gasteiger partial charge in [0.2, 0.25) is 0 Å². The molecular weight excluding hydrogens is 408 g/mol. The molecule has 6 N–H and O–H groups in total. The number of nitrogens with zero attached hydrogens (tertiary/aromatic N) is 1. The SMILES string of the molecule is NCC(O)Cn1[nH]c(-c2ccc(Cl)c(C(=O)NCC3(O)CCCCCC3)c2)cc1=O. The molecule has 1 aliphatic carbocycles. The van der Waals surface area contributed by atoms with Gasteiger partial charge in [0, 0.05) is 24.7 Å². The second kappa shape index (κ2) is 9.78. The van der Waals surface area contributed by atoms with Crippen LogP contribution in [0, 0.1) is 0 Å². The zero-order valence-electron chi connectivity index (χ0n) is 16.9. The molecule has 30 heavy (non-hydrogen) atoms. The van der Waals surface area contributed by atoms with Crippen molar-refractivity contribution in [1.29, 1.82) is 0 Å². The summed E-state index contributed by atoms with van der Waals surface area (Å²) in [5.41, 5.74) is 5.57. The number of carbonyl (C=O) groups is 1. The lowest BCUT2D eigenvalue weighted by Gasteiger charge is -2.26. The third kappa shape index (κ3) is 5.51. The molecule has 0 spiro atoms. The average molecular weight is 437 g/mol. The van der Waals surface area contributed by atoms with Gasteiger partial charge in [0.15, 0.2) is 0 Å². The number of aromatic amines is 1. The van der Waals surface area contributed by atoms with Gasteiger partial charge in [0.05, 0.1) is 34.5 Å². The summed E-state index contributed by atoms with van der Waals surface area (Å²) in [6.45, 7) is 0.268. The van der Waals surface area contributed by atoms with Crippen molar-refractivity contribution >= 4 is 17.5 Å². The summed E-state index contributed by atoms with van der Waals surface area (Å²) in [5, 5.41) is 26.4. The quantitative estimate of drug-likeness (QED) is 0.420. The summed E-state index contributed by atoms with van der Waals surface area (Å²) >= 11 is 6.24. The molecule has 1 aromatic heterocycles. The minimum absolute atomic E-state index is 0.0401. The number of benzene rings is 1. The highest BCUT2D eigenvalue weighted by Crippen LogP contribution is 2.27. The molecule has 8 nitrogen and oxygen atoms in total. The topological polar surface area (TPSA) is 133 Å². The Hall–Kier alpha value is -2.13. The zero-order chi connectivity index (χ0) is 21.7. The van der Waals surface area contributed by atoms with Gasteiger partial charge >= 0.3 is 0 Å². The summed E-state index contributed by atoms with van der Waals surface area (Å²) < 4.78 is 1.27. The van der Waals surface area contributed by atoms with E-state index in [9.17, 15) is 19.8 Å². The van der Waals surface area contributed by atoms with E-state index in [1.54, 1.807) is 18.2 Å². The Kier molecular flexibility index (Phi) is 7.36. The Labute approximate surface area is 180 Å². The minimum atomic E-state index is -0.886. The number of H-pyrrole nitrogens is 1. The van der Waals surface area contributed by atoms with Gasteiger partial charge in [0.25, 0.3) is 11.5 Å². The number of nitrogens with two attached hydrogens (primary N) is 1. The molecule has 1 fully saturated rings. The largest absolute Gasteiger partial charge is 0.390 e. The van der Waals surface area contributed by atoms with Crippen molar-refractivity contribution in [3.63, 3.8) is 0 Å². The molecule has 0 radical (unpaired) electrons. The van der Waals surface area contributed by atoms with Crippen molar-refractivity contribution in [3.05, 3.63) is 45.2 Å². The average Bonchev–Trinajstić information content (AvgIpc) is 2.94. The maximum atomic E-state index is 12.7. The van der Waals surface area contributed by atoms with Gasteiger partial charge < -0.3 is 21.3 Å². The fraction of sp³-hybridized carbons (Fsp3) is 0.524. The van der Waals surface area contributed by atoms with E-state index in [4.69, 9.17) is 17.3 Å². The van der Waals surface area contributed by atoms with Crippen molar-refractivity contribution in [2.75, 3.05) is 13.1 Å². The van der Waals surface area contributed by atoms with Crippen LogP contribution < -0.4 is 16.6 Å². The summed E-state index contributed by atoms with van der Waals surface area (Å²) in [6, 6.07) is 6.29. The molecule has 1 atom stereocenters. The minimum Gasteiger partial charge on any atom is -0.390 e.